The number of rotatable bonds is 3. The van der Waals surface area contributed by atoms with E-state index in [4.69, 9.17) is 23.2 Å². The van der Waals surface area contributed by atoms with Crippen molar-refractivity contribution < 1.29 is 4.79 Å². The lowest BCUT2D eigenvalue weighted by atomic mass is 9.78. The van der Waals surface area contributed by atoms with Crippen LogP contribution in [0.1, 0.15) is 29.6 Å². The molecule has 0 radical (unpaired) electrons. The van der Waals surface area contributed by atoms with Crippen LogP contribution in [0.4, 0.5) is 0 Å². The molecule has 1 aliphatic carbocycles. The fourth-order valence-electron chi connectivity index (χ4n) is 1.91. The lowest BCUT2D eigenvalue weighted by molar-refractivity contribution is 0.0857. The summed E-state index contributed by atoms with van der Waals surface area (Å²) >= 11 is 15.4. The fourth-order valence-corrected chi connectivity index (χ4v) is 3.18. The number of carbonyl (C=O) groups excluding carboxylic acids is 1. The molecule has 1 N–H and O–H groups in total. The molecule has 1 fully saturated rings. The molecule has 1 amide bonds. The molecule has 0 aliphatic heterocycles. The second kappa shape index (κ2) is 5.17. The van der Waals surface area contributed by atoms with Crippen molar-refractivity contribution in [3.8, 4) is 0 Å². The van der Waals surface area contributed by atoms with E-state index in [9.17, 15) is 4.79 Å². The maximum Gasteiger partial charge on any atom is 0.254 e. The van der Waals surface area contributed by atoms with Gasteiger partial charge in [0.2, 0.25) is 0 Å². The molecule has 0 heterocycles. The highest BCUT2D eigenvalue weighted by molar-refractivity contribution is 9.09. The number of carbonyl (C=O) groups is 1. The summed E-state index contributed by atoms with van der Waals surface area (Å²) in [5.74, 6) is -0.195. The highest BCUT2D eigenvalue weighted by Crippen LogP contribution is 2.34. The maximum absolute atomic E-state index is 12.2. The third kappa shape index (κ3) is 2.61. The zero-order valence-electron chi connectivity index (χ0n) is 9.10. The smallest absolute Gasteiger partial charge is 0.254 e. The lowest BCUT2D eigenvalue weighted by Crippen LogP contribution is -2.54. The molecule has 17 heavy (non-hydrogen) atoms. The van der Waals surface area contributed by atoms with Crippen LogP contribution in [0.2, 0.25) is 10.0 Å². The fraction of sp³-hybridized carbons (Fsp3) is 0.417. The standard InChI is InChI=1S/C12H12BrCl2NO/c13-7-12(5-2-6-12)16-11(17)10-8(14)3-1-4-9(10)15/h1,3-4H,2,5-7H2,(H,16,17). The Hall–Kier alpha value is -0.250. The van der Waals surface area contributed by atoms with Gasteiger partial charge in [-0.3, -0.25) is 4.79 Å². The molecule has 2 nitrogen and oxygen atoms in total. The molecule has 1 aromatic carbocycles. The summed E-state index contributed by atoms with van der Waals surface area (Å²) in [6, 6.07) is 5.07. The van der Waals surface area contributed by atoms with Gasteiger partial charge in [0.05, 0.1) is 21.1 Å². The van der Waals surface area contributed by atoms with Crippen molar-refractivity contribution in [1.29, 1.82) is 0 Å². The zero-order valence-corrected chi connectivity index (χ0v) is 12.2. The Morgan fingerprint density at radius 1 is 1.35 bits per heavy atom. The minimum Gasteiger partial charge on any atom is -0.346 e. The Morgan fingerprint density at radius 2 is 1.94 bits per heavy atom. The van der Waals surface area contributed by atoms with Gasteiger partial charge in [-0.05, 0) is 31.4 Å². The topological polar surface area (TPSA) is 29.1 Å². The van der Waals surface area contributed by atoms with E-state index in [0.29, 0.717) is 15.6 Å². The van der Waals surface area contributed by atoms with Crippen LogP contribution in [0.3, 0.4) is 0 Å². The van der Waals surface area contributed by atoms with Gasteiger partial charge in [-0.25, -0.2) is 0 Å². The van der Waals surface area contributed by atoms with Crippen LogP contribution in [-0.2, 0) is 0 Å². The Morgan fingerprint density at radius 3 is 2.35 bits per heavy atom. The first kappa shape index (κ1) is 13.2. The predicted molar refractivity (Wildman–Crippen MR) is 74.3 cm³/mol. The Balaban J connectivity index is 2.20. The highest BCUT2D eigenvalue weighted by atomic mass is 79.9. The van der Waals surface area contributed by atoms with Crippen molar-refractivity contribution in [2.45, 2.75) is 24.8 Å². The van der Waals surface area contributed by atoms with Gasteiger partial charge in [0.25, 0.3) is 5.91 Å². The van der Waals surface area contributed by atoms with Gasteiger partial charge in [0.15, 0.2) is 0 Å². The average Bonchev–Trinajstić information content (AvgIpc) is 2.23. The van der Waals surface area contributed by atoms with E-state index in [0.717, 1.165) is 24.6 Å². The molecule has 1 saturated carbocycles. The summed E-state index contributed by atoms with van der Waals surface area (Å²) in [6.45, 7) is 0. The minimum atomic E-state index is -0.195. The van der Waals surface area contributed by atoms with Crippen molar-refractivity contribution in [2.24, 2.45) is 0 Å². The molecule has 5 heteroatoms. The van der Waals surface area contributed by atoms with E-state index >= 15 is 0 Å². The van der Waals surface area contributed by atoms with Gasteiger partial charge >= 0.3 is 0 Å². The van der Waals surface area contributed by atoms with E-state index in [-0.39, 0.29) is 11.4 Å². The molecule has 0 spiro atoms. The SMILES string of the molecule is O=C(NC1(CBr)CCC1)c1c(Cl)cccc1Cl. The summed E-state index contributed by atoms with van der Waals surface area (Å²) in [7, 11) is 0. The minimum absolute atomic E-state index is 0.125. The van der Waals surface area contributed by atoms with E-state index in [1.165, 1.54) is 0 Å². The summed E-state index contributed by atoms with van der Waals surface area (Å²) in [6.07, 6.45) is 3.13. The van der Waals surface area contributed by atoms with Crippen molar-refractivity contribution in [3.63, 3.8) is 0 Å². The van der Waals surface area contributed by atoms with Crippen molar-refractivity contribution in [1.82, 2.24) is 5.32 Å². The second-order valence-corrected chi connectivity index (χ2v) is 5.69. The first-order valence-electron chi connectivity index (χ1n) is 5.40. The van der Waals surface area contributed by atoms with Crippen LogP contribution < -0.4 is 5.32 Å². The zero-order chi connectivity index (χ0) is 12.5. The monoisotopic (exact) mass is 335 g/mol. The van der Waals surface area contributed by atoms with Crippen molar-refractivity contribution >= 4 is 45.0 Å². The highest BCUT2D eigenvalue weighted by Gasteiger charge is 2.37. The van der Waals surface area contributed by atoms with Crippen molar-refractivity contribution in [3.05, 3.63) is 33.8 Å². The molecule has 1 aliphatic rings. The van der Waals surface area contributed by atoms with Crippen LogP contribution in [0, 0.1) is 0 Å². The average molecular weight is 337 g/mol. The molecule has 92 valence electrons. The number of amides is 1. The molecule has 2 rings (SSSR count). The van der Waals surface area contributed by atoms with E-state index < -0.39 is 0 Å². The normalized spacial score (nSPS) is 17.4. The van der Waals surface area contributed by atoms with Crippen LogP contribution in [-0.4, -0.2) is 16.8 Å². The molecule has 0 bridgehead atoms. The van der Waals surface area contributed by atoms with Crippen molar-refractivity contribution in [2.75, 3.05) is 5.33 Å². The molecule has 1 aromatic rings. The second-order valence-electron chi connectivity index (χ2n) is 4.32. The van der Waals surface area contributed by atoms with E-state index in [1.807, 2.05) is 0 Å². The Labute approximate surface area is 119 Å². The van der Waals surface area contributed by atoms with Crippen LogP contribution in [0.15, 0.2) is 18.2 Å². The molecule has 0 unspecified atom stereocenters. The number of halogens is 3. The molecule has 0 aromatic heterocycles. The Bertz CT molecular complexity index is 420. The largest absolute Gasteiger partial charge is 0.346 e. The molecular weight excluding hydrogens is 325 g/mol. The van der Waals surface area contributed by atoms with E-state index in [1.54, 1.807) is 18.2 Å². The van der Waals surface area contributed by atoms with Gasteiger partial charge in [-0.15, -0.1) is 0 Å². The maximum atomic E-state index is 12.2. The molecule has 0 saturated heterocycles. The van der Waals surface area contributed by atoms with Crippen LogP contribution >= 0.6 is 39.1 Å². The van der Waals surface area contributed by atoms with Crippen LogP contribution in [0.25, 0.3) is 0 Å². The number of alkyl halides is 1. The Kier molecular flexibility index (Phi) is 4.01. The first-order valence-corrected chi connectivity index (χ1v) is 7.28. The van der Waals surface area contributed by atoms with Gasteiger partial charge in [-0.2, -0.15) is 0 Å². The van der Waals surface area contributed by atoms with Crippen LogP contribution in [0.5, 0.6) is 0 Å². The molecule has 0 atom stereocenters. The quantitative estimate of drug-likeness (QED) is 0.829. The lowest BCUT2D eigenvalue weighted by Gasteiger charge is -2.41. The number of hydrogen-bond acceptors (Lipinski definition) is 1. The molecular formula is C12H12BrCl2NO. The predicted octanol–water partition coefficient (Wildman–Crippen LogP) is 4.04. The number of hydrogen-bond donors (Lipinski definition) is 1. The van der Waals surface area contributed by atoms with Gasteiger partial charge in [-0.1, -0.05) is 45.2 Å². The van der Waals surface area contributed by atoms with E-state index in [2.05, 4.69) is 21.2 Å². The third-order valence-corrected chi connectivity index (χ3v) is 4.84. The first-order chi connectivity index (χ1) is 8.08. The number of benzene rings is 1. The summed E-state index contributed by atoms with van der Waals surface area (Å²) in [5, 5.41) is 4.56. The number of nitrogens with one attached hydrogen (secondary N) is 1. The van der Waals surface area contributed by atoms with Gasteiger partial charge in [0, 0.05) is 5.33 Å². The summed E-state index contributed by atoms with van der Waals surface area (Å²) in [4.78, 5) is 12.2. The summed E-state index contributed by atoms with van der Waals surface area (Å²) < 4.78 is 0. The van der Waals surface area contributed by atoms with Gasteiger partial charge in [0.1, 0.15) is 0 Å². The van der Waals surface area contributed by atoms with Gasteiger partial charge < -0.3 is 5.32 Å². The third-order valence-electron chi connectivity index (χ3n) is 3.13. The summed E-state index contributed by atoms with van der Waals surface area (Å²) in [5.41, 5.74) is 0.239.